The van der Waals surface area contributed by atoms with E-state index in [1.165, 1.54) is 5.56 Å². The van der Waals surface area contributed by atoms with Crippen LogP contribution >= 0.6 is 0 Å². The van der Waals surface area contributed by atoms with Crippen LogP contribution in [0.5, 0.6) is 0 Å². The minimum atomic E-state index is 0.388. The van der Waals surface area contributed by atoms with Crippen molar-refractivity contribution in [3.63, 3.8) is 0 Å². The highest BCUT2D eigenvalue weighted by molar-refractivity contribution is 5.61. The molecule has 0 amide bonds. The summed E-state index contributed by atoms with van der Waals surface area (Å²) in [4.78, 5) is 10.6. The van der Waals surface area contributed by atoms with E-state index >= 15 is 0 Å². The van der Waals surface area contributed by atoms with Crippen LogP contribution in [0.25, 0.3) is 0 Å². The number of benzene rings is 1. The lowest BCUT2D eigenvalue weighted by atomic mass is 10.2. The first kappa shape index (κ1) is 11.5. The molecule has 2 aromatic rings. The average molecular weight is 228 g/mol. The molecule has 0 saturated carbocycles. The second-order valence-electron chi connectivity index (χ2n) is 3.93. The Morgan fingerprint density at radius 3 is 2.71 bits per heavy atom. The van der Waals surface area contributed by atoms with Crippen molar-refractivity contribution in [2.75, 3.05) is 11.9 Å². The van der Waals surface area contributed by atoms with Crippen LogP contribution in [-0.4, -0.2) is 17.0 Å². The summed E-state index contributed by atoms with van der Waals surface area (Å²) in [5, 5.41) is 0. The summed E-state index contributed by atoms with van der Waals surface area (Å²) in [6, 6.07) is 8.24. The predicted molar refractivity (Wildman–Crippen MR) is 69.2 cm³/mol. The highest BCUT2D eigenvalue weighted by Gasteiger charge is 2.10. The molecule has 17 heavy (non-hydrogen) atoms. The van der Waals surface area contributed by atoms with Crippen molar-refractivity contribution in [2.24, 2.45) is 5.73 Å². The van der Waals surface area contributed by atoms with E-state index < -0.39 is 0 Å². The van der Waals surface area contributed by atoms with Crippen LogP contribution in [0.1, 0.15) is 11.3 Å². The first-order valence-electron chi connectivity index (χ1n) is 5.52. The number of anilines is 2. The number of rotatable bonds is 3. The number of aryl methyl sites for hydroxylation is 1. The van der Waals surface area contributed by atoms with Gasteiger partial charge in [0.05, 0.1) is 5.69 Å². The van der Waals surface area contributed by atoms with E-state index in [1.54, 1.807) is 12.4 Å². The smallest absolute Gasteiger partial charge is 0.155 e. The van der Waals surface area contributed by atoms with Crippen molar-refractivity contribution in [2.45, 2.75) is 13.5 Å². The maximum atomic E-state index is 5.67. The van der Waals surface area contributed by atoms with Gasteiger partial charge in [0, 0.05) is 31.7 Å². The van der Waals surface area contributed by atoms with Gasteiger partial charge in [0.1, 0.15) is 0 Å². The fourth-order valence-corrected chi connectivity index (χ4v) is 1.74. The Kier molecular flexibility index (Phi) is 3.35. The predicted octanol–water partition coefficient (Wildman–Crippen LogP) is 2.01. The Morgan fingerprint density at radius 2 is 2.00 bits per heavy atom. The molecule has 2 rings (SSSR count). The van der Waals surface area contributed by atoms with Crippen LogP contribution in [0.15, 0.2) is 36.7 Å². The zero-order chi connectivity index (χ0) is 12.3. The molecule has 1 aromatic carbocycles. The molecule has 88 valence electrons. The van der Waals surface area contributed by atoms with E-state index in [2.05, 4.69) is 29.0 Å². The molecular formula is C13H16N4. The van der Waals surface area contributed by atoms with E-state index in [1.807, 2.05) is 24.1 Å². The number of aromatic nitrogens is 2. The third-order valence-corrected chi connectivity index (χ3v) is 2.65. The molecular weight excluding hydrogens is 212 g/mol. The van der Waals surface area contributed by atoms with E-state index in [4.69, 9.17) is 5.73 Å². The molecule has 0 spiro atoms. The summed E-state index contributed by atoms with van der Waals surface area (Å²) in [6.45, 7) is 2.46. The van der Waals surface area contributed by atoms with Gasteiger partial charge < -0.3 is 10.6 Å². The summed E-state index contributed by atoms with van der Waals surface area (Å²) < 4.78 is 0. The maximum absolute atomic E-state index is 5.67. The zero-order valence-corrected chi connectivity index (χ0v) is 10.1. The molecule has 0 aliphatic heterocycles. The minimum Gasteiger partial charge on any atom is -0.328 e. The van der Waals surface area contributed by atoms with Crippen LogP contribution in [0.4, 0.5) is 11.5 Å². The van der Waals surface area contributed by atoms with Crippen LogP contribution in [-0.2, 0) is 6.54 Å². The average Bonchev–Trinajstić information content (AvgIpc) is 2.38. The van der Waals surface area contributed by atoms with Crippen molar-refractivity contribution in [3.8, 4) is 0 Å². The molecule has 0 bridgehead atoms. The van der Waals surface area contributed by atoms with Crippen molar-refractivity contribution in [3.05, 3.63) is 47.9 Å². The lowest BCUT2D eigenvalue weighted by Crippen LogP contribution is -2.16. The third-order valence-electron chi connectivity index (χ3n) is 2.65. The second kappa shape index (κ2) is 4.93. The standard InChI is InChI=1S/C13H16N4/c1-10-4-3-5-11(8-10)17(2)13-12(9-14)15-6-7-16-13/h3-8H,9,14H2,1-2H3. The van der Waals surface area contributed by atoms with Gasteiger partial charge in [-0.3, -0.25) is 4.98 Å². The van der Waals surface area contributed by atoms with E-state index in [9.17, 15) is 0 Å². The number of hydrogen-bond acceptors (Lipinski definition) is 4. The van der Waals surface area contributed by atoms with E-state index in [0.29, 0.717) is 6.54 Å². The van der Waals surface area contributed by atoms with E-state index in [-0.39, 0.29) is 0 Å². The SMILES string of the molecule is Cc1cccc(N(C)c2nccnc2CN)c1. The molecule has 1 heterocycles. The first-order chi connectivity index (χ1) is 8.22. The second-order valence-corrected chi connectivity index (χ2v) is 3.93. The Bertz CT molecular complexity index is 510. The molecule has 0 aliphatic carbocycles. The van der Waals surface area contributed by atoms with Gasteiger partial charge in [-0.25, -0.2) is 4.98 Å². The Balaban J connectivity index is 2.40. The van der Waals surface area contributed by atoms with E-state index in [0.717, 1.165) is 17.2 Å². The zero-order valence-electron chi connectivity index (χ0n) is 10.1. The van der Waals surface area contributed by atoms with Gasteiger partial charge in [-0.05, 0) is 24.6 Å². The molecule has 0 atom stereocenters. The van der Waals surface area contributed by atoms with Crippen LogP contribution in [0.3, 0.4) is 0 Å². The molecule has 4 heteroatoms. The van der Waals surface area contributed by atoms with Gasteiger partial charge in [-0.15, -0.1) is 0 Å². The fraction of sp³-hybridized carbons (Fsp3) is 0.231. The Morgan fingerprint density at radius 1 is 1.24 bits per heavy atom. The van der Waals surface area contributed by atoms with Crippen molar-refractivity contribution in [1.82, 2.24) is 9.97 Å². The summed E-state index contributed by atoms with van der Waals surface area (Å²) in [5.74, 6) is 0.806. The fourth-order valence-electron chi connectivity index (χ4n) is 1.74. The Hall–Kier alpha value is -1.94. The molecule has 0 unspecified atom stereocenters. The monoisotopic (exact) mass is 228 g/mol. The highest BCUT2D eigenvalue weighted by Crippen LogP contribution is 2.23. The summed E-state index contributed by atoms with van der Waals surface area (Å²) in [6.07, 6.45) is 3.34. The lowest BCUT2D eigenvalue weighted by molar-refractivity contribution is 0.940. The van der Waals surface area contributed by atoms with Crippen molar-refractivity contribution >= 4 is 11.5 Å². The van der Waals surface area contributed by atoms with Gasteiger partial charge in [-0.1, -0.05) is 12.1 Å². The van der Waals surface area contributed by atoms with Gasteiger partial charge in [-0.2, -0.15) is 0 Å². The molecule has 1 aromatic heterocycles. The quantitative estimate of drug-likeness (QED) is 0.873. The normalized spacial score (nSPS) is 10.3. The molecule has 0 aliphatic rings. The summed E-state index contributed by atoms with van der Waals surface area (Å²) in [7, 11) is 1.97. The number of nitrogens with zero attached hydrogens (tertiary/aromatic N) is 3. The lowest BCUT2D eigenvalue weighted by Gasteiger charge is -2.20. The van der Waals surface area contributed by atoms with Crippen LogP contribution in [0, 0.1) is 6.92 Å². The van der Waals surface area contributed by atoms with Gasteiger partial charge in [0.2, 0.25) is 0 Å². The van der Waals surface area contributed by atoms with Crippen LogP contribution in [0.2, 0.25) is 0 Å². The van der Waals surface area contributed by atoms with Gasteiger partial charge in [0.25, 0.3) is 0 Å². The maximum Gasteiger partial charge on any atom is 0.155 e. The van der Waals surface area contributed by atoms with Gasteiger partial charge in [0.15, 0.2) is 5.82 Å². The molecule has 4 nitrogen and oxygen atoms in total. The highest BCUT2D eigenvalue weighted by atomic mass is 15.2. The van der Waals surface area contributed by atoms with Crippen LogP contribution < -0.4 is 10.6 Å². The topological polar surface area (TPSA) is 55.0 Å². The van der Waals surface area contributed by atoms with Gasteiger partial charge >= 0.3 is 0 Å². The number of nitrogens with two attached hydrogens (primary N) is 1. The largest absolute Gasteiger partial charge is 0.328 e. The summed E-state index contributed by atoms with van der Waals surface area (Å²) in [5.41, 5.74) is 8.77. The number of hydrogen-bond donors (Lipinski definition) is 1. The molecule has 0 saturated heterocycles. The molecule has 0 fully saturated rings. The van der Waals surface area contributed by atoms with Crippen molar-refractivity contribution < 1.29 is 0 Å². The first-order valence-corrected chi connectivity index (χ1v) is 5.52. The minimum absolute atomic E-state index is 0.388. The third kappa shape index (κ3) is 2.42. The molecule has 0 radical (unpaired) electrons. The Labute approximate surface area is 101 Å². The molecule has 2 N–H and O–H groups in total. The van der Waals surface area contributed by atoms with Crippen molar-refractivity contribution in [1.29, 1.82) is 0 Å². The summed E-state index contributed by atoms with van der Waals surface area (Å²) >= 11 is 0.